The van der Waals surface area contributed by atoms with Gasteiger partial charge >= 0.3 is 0 Å². The number of rotatable bonds is 2. The van der Waals surface area contributed by atoms with Gasteiger partial charge < -0.3 is 14.6 Å². The van der Waals surface area contributed by atoms with Crippen molar-refractivity contribution in [3.8, 4) is 0 Å². The maximum Gasteiger partial charge on any atom is 0.199 e. The third-order valence-electron chi connectivity index (χ3n) is 4.28. The van der Waals surface area contributed by atoms with Crippen molar-refractivity contribution in [1.82, 2.24) is 0 Å². The van der Waals surface area contributed by atoms with Crippen LogP contribution in [0.2, 0.25) is 5.02 Å². The normalized spacial score (nSPS) is 19.8. The van der Waals surface area contributed by atoms with Crippen molar-refractivity contribution >= 4 is 27.5 Å². The van der Waals surface area contributed by atoms with E-state index < -0.39 is 11.9 Å². The van der Waals surface area contributed by atoms with Crippen molar-refractivity contribution in [2.24, 2.45) is 0 Å². The van der Waals surface area contributed by atoms with Crippen LogP contribution in [0, 0.1) is 0 Å². The summed E-state index contributed by atoms with van der Waals surface area (Å²) in [6.07, 6.45) is -0.0213. The first-order chi connectivity index (χ1) is 10.6. The van der Waals surface area contributed by atoms with Crippen LogP contribution >= 0.6 is 27.5 Å². The zero-order chi connectivity index (χ0) is 15.3. The molecule has 1 atom stereocenters. The van der Waals surface area contributed by atoms with Gasteiger partial charge in [-0.2, -0.15) is 0 Å². The standard InChI is InChI=1S/C17H14BrClO3/c18-12-2-4-15(19)13(8-12)16(20)10-1-3-14-11(7-10)9-17(14)21-5-6-22-17/h1-4,7-8,16,20H,5-6,9H2. The van der Waals surface area contributed by atoms with Gasteiger partial charge in [0.15, 0.2) is 5.79 Å². The molecule has 1 aliphatic carbocycles. The molecule has 1 spiro atoms. The topological polar surface area (TPSA) is 38.7 Å². The summed E-state index contributed by atoms with van der Waals surface area (Å²) in [4.78, 5) is 0. The molecule has 1 heterocycles. The molecule has 22 heavy (non-hydrogen) atoms. The van der Waals surface area contributed by atoms with E-state index in [4.69, 9.17) is 21.1 Å². The summed E-state index contributed by atoms with van der Waals surface area (Å²) >= 11 is 9.62. The first-order valence-electron chi connectivity index (χ1n) is 7.13. The second kappa shape index (κ2) is 5.32. The second-order valence-electron chi connectivity index (χ2n) is 5.61. The van der Waals surface area contributed by atoms with Crippen molar-refractivity contribution in [2.45, 2.75) is 18.3 Å². The van der Waals surface area contributed by atoms with Gasteiger partial charge in [0.1, 0.15) is 6.10 Å². The summed E-state index contributed by atoms with van der Waals surface area (Å²) in [5.41, 5.74) is 3.75. The zero-order valence-corrected chi connectivity index (χ0v) is 14.0. The van der Waals surface area contributed by atoms with Crippen LogP contribution in [0.5, 0.6) is 0 Å². The Hall–Kier alpha value is -0.910. The molecule has 0 saturated carbocycles. The number of ether oxygens (including phenoxy) is 2. The van der Waals surface area contributed by atoms with Gasteiger partial charge in [0.05, 0.1) is 13.2 Å². The molecule has 0 amide bonds. The molecule has 2 aromatic carbocycles. The predicted octanol–water partition coefficient (Wildman–Crippen LogP) is 3.94. The van der Waals surface area contributed by atoms with Gasteiger partial charge in [0.25, 0.3) is 0 Å². The lowest BCUT2D eigenvalue weighted by atomic mass is 9.80. The second-order valence-corrected chi connectivity index (χ2v) is 6.93. The van der Waals surface area contributed by atoms with E-state index in [9.17, 15) is 5.11 Å². The minimum atomic E-state index is -0.753. The molecule has 5 heteroatoms. The summed E-state index contributed by atoms with van der Waals surface area (Å²) in [5, 5.41) is 11.2. The van der Waals surface area contributed by atoms with Crippen LogP contribution in [0.25, 0.3) is 0 Å². The number of benzene rings is 2. The van der Waals surface area contributed by atoms with Crippen LogP contribution in [0.4, 0.5) is 0 Å². The Balaban J connectivity index is 1.67. The SMILES string of the molecule is OC(c1ccc2c(c1)CC21OCCO1)c1cc(Br)ccc1Cl. The average molecular weight is 382 g/mol. The molecule has 4 rings (SSSR count). The van der Waals surface area contributed by atoms with Gasteiger partial charge in [-0.1, -0.05) is 45.7 Å². The number of aliphatic hydroxyl groups excluding tert-OH is 1. The number of aliphatic hydroxyl groups is 1. The molecule has 1 unspecified atom stereocenters. The lowest BCUT2D eigenvalue weighted by Gasteiger charge is -2.39. The molecule has 2 aliphatic rings. The van der Waals surface area contributed by atoms with Crippen LogP contribution in [0.1, 0.15) is 28.4 Å². The highest BCUT2D eigenvalue weighted by atomic mass is 79.9. The fourth-order valence-electron chi connectivity index (χ4n) is 3.16. The summed E-state index contributed by atoms with van der Waals surface area (Å²) in [7, 11) is 0. The monoisotopic (exact) mass is 380 g/mol. The molecular formula is C17H14BrClO3. The number of halogens is 2. The lowest BCUT2D eigenvalue weighted by Crippen LogP contribution is -2.39. The van der Waals surface area contributed by atoms with Crippen molar-refractivity contribution in [3.05, 3.63) is 68.1 Å². The van der Waals surface area contributed by atoms with E-state index in [1.807, 2.05) is 30.3 Å². The minimum Gasteiger partial charge on any atom is -0.384 e. The van der Waals surface area contributed by atoms with Crippen LogP contribution in [-0.4, -0.2) is 18.3 Å². The van der Waals surface area contributed by atoms with Crippen molar-refractivity contribution in [1.29, 1.82) is 0 Å². The molecule has 2 aromatic rings. The van der Waals surface area contributed by atoms with Crippen molar-refractivity contribution < 1.29 is 14.6 Å². The van der Waals surface area contributed by atoms with Gasteiger partial charge in [0, 0.05) is 27.0 Å². The van der Waals surface area contributed by atoms with Crippen LogP contribution in [-0.2, 0) is 21.7 Å². The minimum absolute atomic E-state index is 0.535. The molecule has 1 saturated heterocycles. The van der Waals surface area contributed by atoms with Gasteiger partial charge in [-0.05, 0) is 29.3 Å². The molecule has 1 N–H and O–H groups in total. The highest BCUT2D eigenvalue weighted by molar-refractivity contribution is 9.10. The number of fused-ring (bicyclic) bond motifs is 2. The van der Waals surface area contributed by atoms with E-state index in [0.717, 1.165) is 27.6 Å². The maximum absolute atomic E-state index is 10.6. The average Bonchev–Trinajstić information content (AvgIpc) is 2.99. The summed E-state index contributed by atoms with van der Waals surface area (Å²) in [5.74, 6) is -0.535. The van der Waals surface area contributed by atoms with E-state index in [1.54, 1.807) is 6.07 Å². The highest BCUT2D eigenvalue weighted by Gasteiger charge is 2.48. The quantitative estimate of drug-likeness (QED) is 0.856. The Kier molecular flexibility index (Phi) is 3.55. The van der Waals surface area contributed by atoms with Gasteiger partial charge in [-0.15, -0.1) is 0 Å². The fourth-order valence-corrected chi connectivity index (χ4v) is 3.76. The van der Waals surface area contributed by atoms with E-state index in [-0.39, 0.29) is 0 Å². The summed E-state index contributed by atoms with van der Waals surface area (Å²) in [6, 6.07) is 11.4. The molecule has 114 valence electrons. The van der Waals surface area contributed by atoms with Crippen molar-refractivity contribution in [2.75, 3.05) is 13.2 Å². The number of hydrogen-bond acceptors (Lipinski definition) is 3. The van der Waals surface area contributed by atoms with E-state index in [1.165, 1.54) is 0 Å². The Bertz CT molecular complexity index is 741. The summed E-state index contributed by atoms with van der Waals surface area (Å²) in [6.45, 7) is 1.27. The molecule has 1 aliphatic heterocycles. The van der Waals surface area contributed by atoms with Gasteiger partial charge in [-0.3, -0.25) is 0 Å². The molecule has 0 aromatic heterocycles. The van der Waals surface area contributed by atoms with Crippen LogP contribution in [0.15, 0.2) is 40.9 Å². The number of hydrogen-bond donors (Lipinski definition) is 1. The Labute approximate surface area is 141 Å². The third kappa shape index (κ3) is 2.22. The Morgan fingerprint density at radius 3 is 2.64 bits per heavy atom. The largest absolute Gasteiger partial charge is 0.384 e. The molecule has 1 fully saturated rings. The van der Waals surface area contributed by atoms with Crippen LogP contribution < -0.4 is 0 Å². The first-order valence-corrected chi connectivity index (χ1v) is 8.30. The first kappa shape index (κ1) is 14.7. The van der Waals surface area contributed by atoms with Crippen LogP contribution in [0.3, 0.4) is 0 Å². The Morgan fingerprint density at radius 1 is 1.14 bits per heavy atom. The third-order valence-corrected chi connectivity index (χ3v) is 5.12. The zero-order valence-electron chi connectivity index (χ0n) is 11.7. The molecule has 0 radical (unpaired) electrons. The molecule has 3 nitrogen and oxygen atoms in total. The van der Waals surface area contributed by atoms with E-state index in [2.05, 4.69) is 15.9 Å². The van der Waals surface area contributed by atoms with Crippen molar-refractivity contribution in [3.63, 3.8) is 0 Å². The lowest BCUT2D eigenvalue weighted by molar-refractivity contribution is -0.182. The molecular weight excluding hydrogens is 368 g/mol. The fraction of sp³-hybridized carbons (Fsp3) is 0.294. The highest BCUT2D eigenvalue weighted by Crippen LogP contribution is 2.46. The summed E-state index contributed by atoms with van der Waals surface area (Å²) < 4.78 is 12.3. The van der Waals surface area contributed by atoms with Gasteiger partial charge in [-0.25, -0.2) is 0 Å². The predicted molar refractivity (Wildman–Crippen MR) is 86.9 cm³/mol. The Morgan fingerprint density at radius 2 is 1.91 bits per heavy atom. The van der Waals surface area contributed by atoms with E-state index >= 15 is 0 Å². The van der Waals surface area contributed by atoms with Gasteiger partial charge in [0.2, 0.25) is 0 Å². The van der Waals surface area contributed by atoms with E-state index in [0.29, 0.717) is 23.8 Å². The smallest absolute Gasteiger partial charge is 0.199 e. The molecule has 0 bridgehead atoms. The maximum atomic E-state index is 10.6.